The Balaban J connectivity index is 1.53. The lowest BCUT2D eigenvalue weighted by Crippen LogP contribution is -2.36. The van der Waals surface area contributed by atoms with Crippen LogP contribution in [0, 0.1) is 6.92 Å². The maximum Gasteiger partial charge on any atom is 0.329 e. The topological polar surface area (TPSA) is 122 Å². The molecule has 1 N–H and O–H groups in total. The van der Waals surface area contributed by atoms with Crippen molar-refractivity contribution in [2.24, 2.45) is 14.1 Å². The molecule has 0 radical (unpaired) electrons. The van der Waals surface area contributed by atoms with Crippen LogP contribution in [0.2, 0.25) is 0 Å². The van der Waals surface area contributed by atoms with E-state index in [1.807, 2.05) is 67.2 Å². The van der Waals surface area contributed by atoms with Gasteiger partial charge in [-0.05, 0) is 36.2 Å². The van der Waals surface area contributed by atoms with Gasteiger partial charge in [0.1, 0.15) is 0 Å². The SMILES string of the molecule is COCC(CC(=O)NS(=O)(=O)c1cn(C)cn1)n1c(=O)n(Cc2cn(C)c3cccc(C)c23)c2ccccc21. The van der Waals surface area contributed by atoms with Crippen LogP contribution in [0.1, 0.15) is 23.6 Å². The van der Waals surface area contributed by atoms with Crippen LogP contribution in [-0.4, -0.2) is 51.3 Å². The summed E-state index contributed by atoms with van der Waals surface area (Å²) < 4.78 is 39.4. The van der Waals surface area contributed by atoms with Crippen LogP contribution in [0.25, 0.3) is 21.9 Å². The van der Waals surface area contributed by atoms with Gasteiger partial charge in [-0.15, -0.1) is 0 Å². The van der Waals surface area contributed by atoms with Crippen molar-refractivity contribution in [2.75, 3.05) is 13.7 Å². The van der Waals surface area contributed by atoms with Crippen molar-refractivity contribution in [3.05, 3.63) is 82.8 Å². The number of aryl methyl sites for hydroxylation is 3. The summed E-state index contributed by atoms with van der Waals surface area (Å²) in [7, 11) is 0.916. The minimum Gasteiger partial charge on any atom is -0.383 e. The first kappa shape index (κ1) is 26.4. The highest BCUT2D eigenvalue weighted by atomic mass is 32.2. The largest absolute Gasteiger partial charge is 0.383 e. The summed E-state index contributed by atoms with van der Waals surface area (Å²) in [6.07, 6.45) is 4.37. The molecule has 204 valence electrons. The van der Waals surface area contributed by atoms with Crippen LogP contribution >= 0.6 is 0 Å². The molecular formula is C27H30N6O5S. The third kappa shape index (κ3) is 4.88. The van der Waals surface area contributed by atoms with Gasteiger partial charge in [-0.3, -0.25) is 13.9 Å². The van der Waals surface area contributed by atoms with Gasteiger partial charge in [0.05, 0.1) is 43.0 Å². The van der Waals surface area contributed by atoms with Gasteiger partial charge in [0.25, 0.3) is 10.0 Å². The second kappa shape index (κ2) is 10.2. The quantitative estimate of drug-likeness (QED) is 0.301. The van der Waals surface area contributed by atoms with E-state index in [4.69, 9.17) is 4.74 Å². The number of nitrogens with zero attached hydrogens (tertiary/aromatic N) is 5. The number of sulfonamides is 1. The lowest BCUT2D eigenvalue weighted by Gasteiger charge is -2.17. The number of carbonyl (C=O) groups excluding carboxylic acids is 1. The van der Waals surface area contributed by atoms with E-state index in [0.29, 0.717) is 17.6 Å². The number of amides is 1. The number of hydrogen-bond acceptors (Lipinski definition) is 6. The predicted molar refractivity (Wildman–Crippen MR) is 147 cm³/mol. The van der Waals surface area contributed by atoms with Gasteiger partial charge in [0.2, 0.25) is 5.91 Å². The average molecular weight is 551 g/mol. The summed E-state index contributed by atoms with van der Waals surface area (Å²) in [6.45, 7) is 2.40. The molecule has 5 aromatic rings. The molecule has 0 bridgehead atoms. The van der Waals surface area contributed by atoms with Crippen molar-refractivity contribution >= 4 is 37.9 Å². The van der Waals surface area contributed by atoms with Gasteiger partial charge >= 0.3 is 5.69 Å². The molecule has 0 aliphatic rings. The summed E-state index contributed by atoms with van der Waals surface area (Å²) in [4.78, 5) is 30.7. The van der Waals surface area contributed by atoms with Crippen LogP contribution in [0.15, 0.2) is 71.0 Å². The fourth-order valence-electron chi connectivity index (χ4n) is 5.16. The van der Waals surface area contributed by atoms with Crippen molar-refractivity contribution in [1.82, 2.24) is 28.0 Å². The fraction of sp³-hybridized carbons (Fsp3) is 0.296. The molecule has 0 spiro atoms. The number of hydrogen-bond donors (Lipinski definition) is 1. The van der Waals surface area contributed by atoms with Gasteiger partial charge in [-0.25, -0.2) is 14.5 Å². The number of methoxy groups -OCH3 is 1. The third-order valence-electron chi connectivity index (χ3n) is 6.85. The van der Waals surface area contributed by atoms with Gasteiger partial charge < -0.3 is 13.9 Å². The van der Waals surface area contributed by atoms with Crippen LogP contribution in [0.5, 0.6) is 0 Å². The molecule has 5 rings (SSSR count). The van der Waals surface area contributed by atoms with Gasteiger partial charge in [-0.2, -0.15) is 8.42 Å². The highest BCUT2D eigenvalue weighted by molar-refractivity contribution is 7.90. The van der Waals surface area contributed by atoms with E-state index in [1.165, 1.54) is 28.8 Å². The normalized spacial score (nSPS) is 12.8. The van der Waals surface area contributed by atoms with Crippen LogP contribution in [0.3, 0.4) is 0 Å². The maximum atomic E-state index is 13.9. The third-order valence-corrected chi connectivity index (χ3v) is 8.11. The molecule has 0 saturated carbocycles. The number of para-hydroxylation sites is 2. The lowest BCUT2D eigenvalue weighted by atomic mass is 10.1. The highest BCUT2D eigenvalue weighted by Gasteiger charge is 2.27. The Morgan fingerprint density at radius 3 is 2.46 bits per heavy atom. The van der Waals surface area contributed by atoms with Gasteiger partial charge in [0, 0.05) is 44.5 Å². The first-order valence-corrected chi connectivity index (χ1v) is 13.8. The molecule has 3 heterocycles. The Kier molecular flexibility index (Phi) is 6.91. The molecule has 1 amide bonds. The number of nitrogens with one attached hydrogen (secondary N) is 1. The second-order valence-electron chi connectivity index (χ2n) is 9.68. The zero-order valence-electron chi connectivity index (χ0n) is 22.2. The van der Waals surface area contributed by atoms with Crippen LogP contribution in [-0.2, 0) is 40.2 Å². The summed E-state index contributed by atoms with van der Waals surface area (Å²) in [5.74, 6) is -0.767. The zero-order valence-corrected chi connectivity index (χ0v) is 23.0. The Hall–Kier alpha value is -4.16. The Labute approximate surface area is 225 Å². The number of benzene rings is 2. The molecule has 0 fully saturated rings. The smallest absolute Gasteiger partial charge is 0.329 e. The minimum absolute atomic E-state index is 0.0261. The monoisotopic (exact) mass is 550 g/mol. The van der Waals surface area contributed by atoms with Gasteiger partial charge in [0.15, 0.2) is 5.03 Å². The van der Waals surface area contributed by atoms with E-state index in [-0.39, 0.29) is 23.7 Å². The Bertz CT molecular complexity index is 1860. The standard InChI is InChI=1S/C27H30N6O5S/c1-18-8-7-11-23-26(18)19(13-31(23)3)14-32-21-9-5-6-10-22(21)33(27(32)35)20(16-38-4)12-24(34)29-39(36,37)25-15-30(2)17-28-25/h5-11,13,15,17,20H,12,14,16H2,1-4H3,(H,29,34). The molecule has 0 saturated heterocycles. The summed E-state index contributed by atoms with van der Waals surface area (Å²) in [5.41, 5.74) is 4.20. The molecule has 2 aromatic carbocycles. The molecule has 12 heteroatoms. The summed E-state index contributed by atoms with van der Waals surface area (Å²) in [6, 6.07) is 12.7. The van der Waals surface area contributed by atoms with Crippen molar-refractivity contribution in [1.29, 1.82) is 0 Å². The average Bonchev–Trinajstić information content (AvgIpc) is 3.54. The molecule has 0 aliphatic heterocycles. The summed E-state index contributed by atoms with van der Waals surface area (Å²) >= 11 is 0. The minimum atomic E-state index is -4.16. The van der Waals surface area contributed by atoms with Crippen LogP contribution < -0.4 is 10.4 Å². The number of rotatable bonds is 9. The van der Waals surface area contributed by atoms with Crippen molar-refractivity contribution in [3.63, 3.8) is 0 Å². The number of aromatic nitrogens is 5. The molecule has 3 aromatic heterocycles. The number of ether oxygens (including phenoxy) is 1. The highest BCUT2D eigenvalue weighted by Crippen LogP contribution is 2.27. The van der Waals surface area contributed by atoms with E-state index in [1.54, 1.807) is 11.6 Å². The number of carbonyl (C=O) groups is 1. The van der Waals surface area contributed by atoms with Crippen molar-refractivity contribution in [3.8, 4) is 0 Å². The molecular weight excluding hydrogens is 520 g/mol. The lowest BCUT2D eigenvalue weighted by molar-refractivity contribution is -0.120. The van der Waals surface area contributed by atoms with E-state index in [0.717, 1.165) is 22.0 Å². The summed E-state index contributed by atoms with van der Waals surface area (Å²) in [5, 5.41) is 0.831. The molecule has 39 heavy (non-hydrogen) atoms. The van der Waals surface area contributed by atoms with Crippen LogP contribution in [0.4, 0.5) is 0 Å². The van der Waals surface area contributed by atoms with E-state index in [9.17, 15) is 18.0 Å². The van der Waals surface area contributed by atoms with Crippen molar-refractivity contribution < 1.29 is 17.9 Å². The number of imidazole rings is 2. The van der Waals surface area contributed by atoms with E-state index in [2.05, 4.69) is 9.71 Å². The molecule has 11 nitrogen and oxygen atoms in total. The first-order chi connectivity index (χ1) is 18.6. The Morgan fingerprint density at radius 2 is 1.77 bits per heavy atom. The zero-order chi connectivity index (χ0) is 27.9. The van der Waals surface area contributed by atoms with E-state index < -0.39 is 22.0 Å². The van der Waals surface area contributed by atoms with E-state index >= 15 is 0 Å². The fourth-order valence-corrected chi connectivity index (χ4v) is 6.14. The second-order valence-corrected chi connectivity index (χ2v) is 11.3. The Morgan fingerprint density at radius 1 is 1.05 bits per heavy atom. The molecule has 1 atom stereocenters. The molecule has 1 unspecified atom stereocenters. The molecule has 0 aliphatic carbocycles. The number of fused-ring (bicyclic) bond motifs is 2. The van der Waals surface area contributed by atoms with Crippen molar-refractivity contribution in [2.45, 2.75) is 31.0 Å². The maximum absolute atomic E-state index is 13.9. The van der Waals surface area contributed by atoms with Gasteiger partial charge in [-0.1, -0.05) is 24.3 Å². The predicted octanol–water partition coefficient (Wildman–Crippen LogP) is 2.47. The first-order valence-electron chi connectivity index (χ1n) is 12.4.